The molecule has 4 heteroatoms. The Morgan fingerprint density at radius 1 is 1.25 bits per heavy atom. The molecule has 0 aliphatic carbocycles. The number of hydrogen-bond donors (Lipinski definition) is 2. The average molecular weight is 267 g/mol. The minimum absolute atomic E-state index is 0.0522. The molecule has 0 spiro atoms. The summed E-state index contributed by atoms with van der Waals surface area (Å²) >= 11 is 0. The molecule has 0 aliphatic rings. The predicted octanol–water partition coefficient (Wildman–Crippen LogP) is 3.22. The molecule has 0 fully saturated rings. The van der Waals surface area contributed by atoms with E-state index in [-0.39, 0.29) is 11.9 Å². The van der Waals surface area contributed by atoms with E-state index in [1.54, 1.807) is 6.20 Å². The maximum Gasteiger partial charge on any atom is 0.217 e. The number of amides is 1. The van der Waals surface area contributed by atoms with Crippen molar-refractivity contribution in [1.29, 1.82) is 0 Å². The number of para-hydroxylation sites is 1. The maximum absolute atomic E-state index is 11.2. The highest BCUT2D eigenvalue weighted by Gasteiger charge is 2.15. The molecule has 1 atom stereocenters. The van der Waals surface area contributed by atoms with Gasteiger partial charge in [-0.05, 0) is 25.5 Å². The van der Waals surface area contributed by atoms with Crippen molar-refractivity contribution < 1.29 is 4.79 Å². The Kier molecular flexibility index (Phi) is 2.93. The Labute approximate surface area is 117 Å². The molecule has 0 saturated heterocycles. The first-order valence-electron chi connectivity index (χ1n) is 6.71. The maximum atomic E-state index is 11.2. The van der Waals surface area contributed by atoms with E-state index in [0.717, 1.165) is 22.1 Å². The topological polar surface area (TPSA) is 57.8 Å². The molecule has 0 radical (unpaired) electrons. The molecule has 0 saturated carbocycles. The summed E-state index contributed by atoms with van der Waals surface area (Å²) in [5.74, 6) is -0.0522. The fourth-order valence-electron chi connectivity index (χ4n) is 2.72. The van der Waals surface area contributed by atoms with Gasteiger partial charge in [0.05, 0.1) is 17.3 Å². The van der Waals surface area contributed by atoms with Gasteiger partial charge in [0.25, 0.3) is 0 Å². The molecule has 20 heavy (non-hydrogen) atoms. The number of aromatic nitrogens is 2. The smallest absolute Gasteiger partial charge is 0.217 e. The molecule has 0 aliphatic heterocycles. The number of H-pyrrole nitrogens is 1. The van der Waals surface area contributed by atoms with Crippen molar-refractivity contribution in [3.8, 4) is 0 Å². The van der Waals surface area contributed by atoms with Gasteiger partial charge in [-0.3, -0.25) is 9.78 Å². The summed E-state index contributed by atoms with van der Waals surface area (Å²) in [4.78, 5) is 19.1. The van der Waals surface area contributed by atoms with Crippen LogP contribution in [0.4, 0.5) is 0 Å². The van der Waals surface area contributed by atoms with Crippen LogP contribution in [0.2, 0.25) is 0 Å². The number of rotatable bonds is 2. The summed E-state index contributed by atoms with van der Waals surface area (Å²) in [6, 6.07) is 8.14. The molecule has 1 aromatic carbocycles. The number of carbonyl (C=O) groups excluding carboxylic acids is 1. The molecule has 102 valence electrons. The van der Waals surface area contributed by atoms with Crippen LogP contribution in [0.5, 0.6) is 0 Å². The van der Waals surface area contributed by atoms with Crippen LogP contribution in [0.25, 0.3) is 21.8 Å². The number of aromatic amines is 1. The summed E-state index contributed by atoms with van der Waals surface area (Å²) in [7, 11) is 0. The van der Waals surface area contributed by atoms with Crippen LogP contribution in [0.3, 0.4) is 0 Å². The zero-order valence-corrected chi connectivity index (χ0v) is 11.8. The van der Waals surface area contributed by atoms with Crippen LogP contribution in [0, 0.1) is 6.92 Å². The molecule has 0 bridgehead atoms. The number of benzene rings is 1. The lowest BCUT2D eigenvalue weighted by atomic mass is 10.1. The van der Waals surface area contributed by atoms with Gasteiger partial charge in [0, 0.05) is 29.4 Å². The number of hydrogen-bond acceptors (Lipinski definition) is 2. The minimum Gasteiger partial charge on any atom is -0.353 e. The van der Waals surface area contributed by atoms with Crippen LogP contribution in [0.15, 0.2) is 30.5 Å². The molecule has 2 heterocycles. The van der Waals surface area contributed by atoms with E-state index >= 15 is 0 Å². The Balaban J connectivity index is 2.27. The van der Waals surface area contributed by atoms with Crippen molar-refractivity contribution in [2.24, 2.45) is 0 Å². The monoisotopic (exact) mass is 267 g/mol. The highest BCUT2D eigenvalue weighted by Crippen LogP contribution is 2.30. The summed E-state index contributed by atoms with van der Waals surface area (Å²) in [6.07, 6.45) is 1.80. The van der Waals surface area contributed by atoms with Gasteiger partial charge >= 0.3 is 0 Å². The van der Waals surface area contributed by atoms with E-state index in [4.69, 9.17) is 0 Å². The van der Waals surface area contributed by atoms with Gasteiger partial charge in [-0.25, -0.2) is 0 Å². The van der Waals surface area contributed by atoms with Crippen LogP contribution >= 0.6 is 0 Å². The predicted molar refractivity (Wildman–Crippen MR) is 80.6 cm³/mol. The van der Waals surface area contributed by atoms with Gasteiger partial charge < -0.3 is 10.3 Å². The van der Waals surface area contributed by atoms with Gasteiger partial charge in [0.15, 0.2) is 0 Å². The van der Waals surface area contributed by atoms with Crippen molar-refractivity contribution in [2.45, 2.75) is 26.8 Å². The Morgan fingerprint density at radius 2 is 2.00 bits per heavy atom. The number of nitrogens with zero attached hydrogens (tertiary/aromatic N) is 1. The molecule has 2 N–H and O–H groups in total. The fourth-order valence-corrected chi connectivity index (χ4v) is 2.72. The van der Waals surface area contributed by atoms with E-state index < -0.39 is 0 Å². The lowest BCUT2D eigenvalue weighted by Gasteiger charge is -2.12. The van der Waals surface area contributed by atoms with Crippen molar-refractivity contribution >= 4 is 27.7 Å². The lowest BCUT2D eigenvalue weighted by Crippen LogP contribution is -2.24. The molecule has 1 amide bonds. The molecule has 4 nitrogen and oxygen atoms in total. The summed E-state index contributed by atoms with van der Waals surface area (Å²) < 4.78 is 0. The van der Waals surface area contributed by atoms with E-state index in [0.29, 0.717) is 0 Å². The van der Waals surface area contributed by atoms with E-state index in [1.165, 1.54) is 17.9 Å². The third-order valence-electron chi connectivity index (χ3n) is 3.62. The zero-order chi connectivity index (χ0) is 14.3. The second-order valence-electron chi connectivity index (χ2n) is 5.16. The second-order valence-corrected chi connectivity index (χ2v) is 5.16. The standard InChI is InChI=1S/C16H17N3O/c1-9-5-4-6-12-13-7-8-17-15(10(2)18-11(3)20)16(13)19-14(9)12/h4-8,10,19H,1-3H3,(H,18,20)/t10-/m1/s1. The Hall–Kier alpha value is -2.36. The van der Waals surface area contributed by atoms with Gasteiger partial charge in [-0.1, -0.05) is 18.2 Å². The lowest BCUT2D eigenvalue weighted by molar-refractivity contribution is -0.119. The van der Waals surface area contributed by atoms with E-state index in [9.17, 15) is 4.79 Å². The number of pyridine rings is 1. The highest BCUT2D eigenvalue weighted by atomic mass is 16.1. The van der Waals surface area contributed by atoms with Gasteiger partial charge in [-0.2, -0.15) is 0 Å². The number of fused-ring (bicyclic) bond motifs is 3. The van der Waals surface area contributed by atoms with Crippen molar-refractivity contribution in [3.05, 3.63) is 41.7 Å². The fraction of sp³-hybridized carbons (Fsp3) is 0.250. The van der Waals surface area contributed by atoms with Gasteiger partial charge in [0.1, 0.15) is 0 Å². The van der Waals surface area contributed by atoms with Crippen LogP contribution in [-0.2, 0) is 4.79 Å². The number of carbonyl (C=O) groups is 1. The minimum atomic E-state index is -0.121. The SMILES string of the molecule is CC(=O)N[C@H](C)c1nccc2c1[nH]c1c(C)cccc12. The molecule has 3 rings (SSSR count). The third-order valence-corrected chi connectivity index (χ3v) is 3.62. The highest BCUT2D eigenvalue weighted by molar-refractivity contribution is 6.08. The molecular weight excluding hydrogens is 250 g/mol. The zero-order valence-electron chi connectivity index (χ0n) is 11.8. The summed E-state index contributed by atoms with van der Waals surface area (Å²) in [6.45, 7) is 5.55. The van der Waals surface area contributed by atoms with E-state index in [2.05, 4.69) is 40.4 Å². The first kappa shape index (κ1) is 12.7. The van der Waals surface area contributed by atoms with Crippen LogP contribution in [-0.4, -0.2) is 15.9 Å². The molecule has 0 unspecified atom stereocenters. The van der Waals surface area contributed by atoms with Gasteiger partial charge in [0.2, 0.25) is 5.91 Å². The van der Waals surface area contributed by atoms with Crippen LogP contribution < -0.4 is 5.32 Å². The first-order chi connectivity index (χ1) is 9.58. The Morgan fingerprint density at radius 3 is 2.75 bits per heavy atom. The third kappa shape index (κ3) is 1.93. The quantitative estimate of drug-likeness (QED) is 0.749. The van der Waals surface area contributed by atoms with E-state index in [1.807, 2.05) is 13.0 Å². The molecule has 3 aromatic rings. The van der Waals surface area contributed by atoms with Crippen molar-refractivity contribution in [1.82, 2.24) is 15.3 Å². The second kappa shape index (κ2) is 4.63. The number of nitrogens with one attached hydrogen (secondary N) is 2. The molecule has 2 aromatic heterocycles. The normalized spacial score (nSPS) is 12.8. The molecular formula is C16H17N3O. The first-order valence-corrected chi connectivity index (χ1v) is 6.71. The average Bonchev–Trinajstić information content (AvgIpc) is 2.78. The number of aryl methyl sites for hydroxylation is 1. The summed E-state index contributed by atoms with van der Waals surface area (Å²) in [5.41, 5.74) is 4.20. The van der Waals surface area contributed by atoms with Crippen molar-refractivity contribution in [2.75, 3.05) is 0 Å². The van der Waals surface area contributed by atoms with Crippen molar-refractivity contribution in [3.63, 3.8) is 0 Å². The van der Waals surface area contributed by atoms with Crippen LogP contribution in [0.1, 0.15) is 31.1 Å². The largest absolute Gasteiger partial charge is 0.353 e. The summed E-state index contributed by atoms with van der Waals surface area (Å²) in [5, 5.41) is 5.23. The van der Waals surface area contributed by atoms with Gasteiger partial charge in [-0.15, -0.1) is 0 Å². The Bertz CT molecular complexity index is 804.